The third-order valence-electron chi connectivity index (χ3n) is 1.81. The van der Waals surface area contributed by atoms with Gasteiger partial charge in [-0.05, 0) is 29.2 Å². The summed E-state index contributed by atoms with van der Waals surface area (Å²) in [6.45, 7) is 3.87. The summed E-state index contributed by atoms with van der Waals surface area (Å²) in [4.78, 5) is 0. The maximum atomic E-state index is 13.1. The third kappa shape index (κ3) is 1.70. The van der Waals surface area contributed by atoms with Gasteiger partial charge in [-0.2, -0.15) is 0 Å². The van der Waals surface area contributed by atoms with E-state index in [-0.39, 0.29) is 11.7 Å². The van der Waals surface area contributed by atoms with Crippen molar-refractivity contribution in [1.29, 1.82) is 5.41 Å². The van der Waals surface area contributed by atoms with E-state index in [2.05, 4.69) is 0 Å². The normalized spacial score (nSPS) is 10.3. The van der Waals surface area contributed by atoms with Gasteiger partial charge in [0.25, 0.3) is 0 Å². The van der Waals surface area contributed by atoms with E-state index in [0.29, 0.717) is 5.56 Å². The summed E-state index contributed by atoms with van der Waals surface area (Å²) in [7, 11) is 0. The molecule has 0 heterocycles. The van der Waals surface area contributed by atoms with Crippen molar-refractivity contribution < 1.29 is 4.39 Å². The predicted octanol–water partition coefficient (Wildman–Crippen LogP) is 2.95. The van der Waals surface area contributed by atoms with Crippen molar-refractivity contribution in [3.8, 4) is 0 Å². The van der Waals surface area contributed by atoms with Gasteiger partial charge in [-0.3, -0.25) is 0 Å². The third-order valence-corrected chi connectivity index (χ3v) is 1.81. The Morgan fingerprint density at radius 2 is 2.08 bits per heavy atom. The van der Waals surface area contributed by atoms with Crippen molar-refractivity contribution in [2.24, 2.45) is 0 Å². The minimum Gasteiger partial charge on any atom is -0.308 e. The summed E-state index contributed by atoms with van der Waals surface area (Å²) in [6, 6.07) is 4.73. The van der Waals surface area contributed by atoms with Crippen LogP contribution < -0.4 is 0 Å². The smallest absolute Gasteiger partial charge is 0.126 e. The van der Waals surface area contributed by atoms with E-state index in [9.17, 15) is 4.39 Å². The minimum atomic E-state index is -0.185. The fourth-order valence-electron chi connectivity index (χ4n) is 1.09. The number of hydrogen-bond donors (Lipinski definition) is 1. The Hall–Kier alpha value is -1.18. The second kappa shape index (κ2) is 3.48. The van der Waals surface area contributed by atoms with Crippen LogP contribution >= 0.6 is 0 Å². The van der Waals surface area contributed by atoms with Crippen LogP contribution in [0.5, 0.6) is 0 Å². The van der Waals surface area contributed by atoms with Crippen molar-refractivity contribution >= 4 is 6.21 Å². The molecule has 0 atom stereocenters. The highest BCUT2D eigenvalue weighted by Gasteiger charge is 2.05. The van der Waals surface area contributed by atoms with Gasteiger partial charge in [0, 0.05) is 6.21 Å². The maximum absolute atomic E-state index is 13.1. The van der Waals surface area contributed by atoms with E-state index in [1.807, 2.05) is 13.8 Å². The van der Waals surface area contributed by atoms with Crippen LogP contribution in [-0.4, -0.2) is 6.21 Å². The molecule has 1 rings (SSSR count). The van der Waals surface area contributed by atoms with Crippen molar-refractivity contribution in [2.45, 2.75) is 19.8 Å². The molecule has 12 heavy (non-hydrogen) atoms. The molecule has 0 spiro atoms. The van der Waals surface area contributed by atoms with E-state index in [4.69, 9.17) is 5.41 Å². The number of nitrogens with one attached hydrogen (secondary N) is 1. The van der Waals surface area contributed by atoms with Crippen LogP contribution in [0.4, 0.5) is 4.39 Å². The van der Waals surface area contributed by atoms with Crippen molar-refractivity contribution in [1.82, 2.24) is 0 Å². The second-order valence-electron chi connectivity index (χ2n) is 3.08. The first-order valence-electron chi connectivity index (χ1n) is 3.95. The van der Waals surface area contributed by atoms with Crippen LogP contribution in [0.2, 0.25) is 0 Å². The van der Waals surface area contributed by atoms with Gasteiger partial charge in [-0.15, -0.1) is 0 Å². The molecule has 0 aliphatic carbocycles. The molecule has 0 aromatic heterocycles. The number of rotatable bonds is 2. The summed E-state index contributed by atoms with van der Waals surface area (Å²) < 4.78 is 13.1. The van der Waals surface area contributed by atoms with Gasteiger partial charge >= 0.3 is 0 Å². The van der Waals surface area contributed by atoms with Gasteiger partial charge in [0.2, 0.25) is 0 Å². The van der Waals surface area contributed by atoms with Crippen LogP contribution in [0.25, 0.3) is 0 Å². The van der Waals surface area contributed by atoms with E-state index in [0.717, 1.165) is 5.56 Å². The molecule has 0 unspecified atom stereocenters. The summed E-state index contributed by atoms with van der Waals surface area (Å²) >= 11 is 0. The van der Waals surface area contributed by atoms with Gasteiger partial charge in [-0.1, -0.05) is 19.9 Å². The molecule has 0 saturated heterocycles. The Labute approximate surface area is 71.7 Å². The molecule has 1 aromatic rings. The Bertz CT molecular complexity index is 292. The zero-order valence-electron chi connectivity index (χ0n) is 7.26. The predicted molar refractivity (Wildman–Crippen MR) is 48.4 cm³/mol. The van der Waals surface area contributed by atoms with Crippen molar-refractivity contribution in [3.63, 3.8) is 0 Å². The Balaban J connectivity index is 3.16. The maximum Gasteiger partial charge on any atom is 0.126 e. The lowest BCUT2D eigenvalue weighted by molar-refractivity contribution is 0.598. The fraction of sp³-hybridized carbons (Fsp3) is 0.300. The first-order chi connectivity index (χ1) is 5.65. The molecule has 0 aliphatic rings. The first kappa shape index (κ1) is 8.91. The zero-order valence-corrected chi connectivity index (χ0v) is 7.26. The first-order valence-corrected chi connectivity index (χ1v) is 3.95. The lowest BCUT2D eigenvalue weighted by atomic mass is 10.0. The molecule has 1 nitrogen and oxygen atoms in total. The monoisotopic (exact) mass is 165 g/mol. The summed E-state index contributed by atoms with van der Waals surface area (Å²) in [6.07, 6.45) is 1.23. The molecular formula is C10H12FN. The number of benzene rings is 1. The van der Waals surface area contributed by atoms with Gasteiger partial charge in [-0.25, -0.2) is 4.39 Å². The van der Waals surface area contributed by atoms with Crippen molar-refractivity contribution in [2.75, 3.05) is 0 Å². The van der Waals surface area contributed by atoms with Gasteiger partial charge < -0.3 is 5.41 Å². The summed E-state index contributed by atoms with van der Waals surface area (Å²) in [5.41, 5.74) is 1.43. The van der Waals surface area contributed by atoms with Crippen LogP contribution in [0, 0.1) is 11.2 Å². The van der Waals surface area contributed by atoms with E-state index >= 15 is 0 Å². The molecule has 0 bridgehead atoms. The largest absolute Gasteiger partial charge is 0.308 e. The molecule has 0 amide bonds. The Morgan fingerprint density at radius 1 is 1.42 bits per heavy atom. The highest BCUT2D eigenvalue weighted by molar-refractivity contribution is 5.77. The summed E-state index contributed by atoms with van der Waals surface area (Å²) in [5.74, 6) is -0.0134. The number of hydrogen-bond acceptors (Lipinski definition) is 1. The highest BCUT2D eigenvalue weighted by atomic mass is 19.1. The quantitative estimate of drug-likeness (QED) is 0.651. The molecule has 0 radical (unpaired) electrons. The second-order valence-corrected chi connectivity index (χ2v) is 3.08. The molecule has 0 fully saturated rings. The average Bonchev–Trinajstić information content (AvgIpc) is 2.05. The highest BCUT2D eigenvalue weighted by Crippen LogP contribution is 2.18. The van der Waals surface area contributed by atoms with E-state index in [1.165, 1.54) is 12.3 Å². The molecule has 0 aliphatic heterocycles. The van der Waals surface area contributed by atoms with E-state index in [1.54, 1.807) is 12.1 Å². The Kier molecular flexibility index (Phi) is 2.58. The van der Waals surface area contributed by atoms with Crippen LogP contribution in [0.3, 0.4) is 0 Å². The lowest BCUT2D eigenvalue weighted by Gasteiger charge is -2.06. The minimum absolute atomic E-state index is 0.171. The van der Waals surface area contributed by atoms with Crippen LogP contribution in [-0.2, 0) is 0 Å². The number of halogens is 1. The van der Waals surface area contributed by atoms with Crippen LogP contribution in [0.1, 0.15) is 30.9 Å². The fourth-order valence-corrected chi connectivity index (χ4v) is 1.09. The van der Waals surface area contributed by atoms with Gasteiger partial charge in [0.1, 0.15) is 5.82 Å². The summed E-state index contributed by atoms with van der Waals surface area (Å²) in [5, 5.41) is 7.00. The lowest BCUT2D eigenvalue weighted by Crippen LogP contribution is -1.94. The molecule has 2 heteroatoms. The van der Waals surface area contributed by atoms with Gasteiger partial charge in [0.15, 0.2) is 0 Å². The molecule has 0 saturated carbocycles. The van der Waals surface area contributed by atoms with Gasteiger partial charge in [0.05, 0.1) is 0 Å². The Morgan fingerprint density at radius 3 is 2.58 bits per heavy atom. The standard InChI is InChI=1S/C10H12FN/c1-7(2)9-5-8(6-12)3-4-10(9)11/h3-7,12H,1-2H3. The molecular weight excluding hydrogens is 153 g/mol. The topological polar surface area (TPSA) is 23.9 Å². The van der Waals surface area contributed by atoms with E-state index < -0.39 is 0 Å². The average molecular weight is 165 g/mol. The SMILES string of the molecule is CC(C)c1cc(C=N)ccc1F. The molecule has 1 N–H and O–H groups in total. The zero-order chi connectivity index (χ0) is 9.14. The molecule has 1 aromatic carbocycles. The van der Waals surface area contributed by atoms with Crippen LogP contribution in [0.15, 0.2) is 18.2 Å². The van der Waals surface area contributed by atoms with Crippen molar-refractivity contribution in [3.05, 3.63) is 35.1 Å². The molecule has 64 valence electrons.